The summed E-state index contributed by atoms with van der Waals surface area (Å²) in [5.74, 6) is 3.31. The fraction of sp³-hybridized carbons (Fsp3) is 1.00. The Hall–Kier alpha value is 0.270. The van der Waals surface area contributed by atoms with E-state index in [0.717, 1.165) is 25.7 Å². The lowest BCUT2D eigenvalue weighted by atomic mass is 10.0. The largest absolute Gasteiger partial charge is 0.381 e. The van der Waals surface area contributed by atoms with Crippen molar-refractivity contribution < 1.29 is 4.74 Å². The van der Waals surface area contributed by atoms with Crippen LogP contribution in [0.3, 0.4) is 0 Å². The van der Waals surface area contributed by atoms with Crippen LogP contribution in [0.5, 0.6) is 0 Å². The predicted octanol–water partition coefficient (Wildman–Crippen LogP) is 2.53. The van der Waals surface area contributed by atoms with Crippen LogP contribution in [-0.4, -0.2) is 37.3 Å². The number of ether oxygens (including phenoxy) is 1. The Balaban J connectivity index is 2.17. The molecule has 2 atom stereocenters. The van der Waals surface area contributed by atoms with Gasteiger partial charge in [-0.1, -0.05) is 20.3 Å². The highest BCUT2D eigenvalue weighted by atomic mass is 32.2. The van der Waals surface area contributed by atoms with Gasteiger partial charge in [-0.15, -0.1) is 0 Å². The van der Waals surface area contributed by atoms with E-state index in [0.29, 0.717) is 6.04 Å². The van der Waals surface area contributed by atoms with Gasteiger partial charge in [-0.3, -0.25) is 0 Å². The Morgan fingerprint density at radius 1 is 1.47 bits per heavy atom. The lowest BCUT2D eigenvalue weighted by molar-refractivity contribution is 0.179. The van der Waals surface area contributed by atoms with Gasteiger partial charge in [0.15, 0.2) is 0 Å². The smallest absolute Gasteiger partial charge is 0.0510 e. The van der Waals surface area contributed by atoms with E-state index in [-0.39, 0.29) is 0 Å². The minimum Gasteiger partial charge on any atom is -0.381 e. The molecular weight excluding hydrogens is 206 g/mol. The molecule has 1 heterocycles. The summed E-state index contributed by atoms with van der Waals surface area (Å²) >= 11 is 2.09. The Morgan fingerprint density at radius 2 is 2.33 bits per heavy atom. The minimum atomic E-state index is 0.666. The Kier molecular flexibility index (Phi) is 7.49. The molecule has 1 rings (SSSR count). The van der Waals surface area contributed by atoms with Crippen LogP contribution in [0.4, 0.5) is 0 Å². The lowest BCUT2D eigenvalue weighted by Gasteiger charge is -2.22. The summed E-state index contributed by atoms with van der Waals surface area (Å²) in [5.41, 5.74) is 0. The van der Waals surface area contributed by atoms with Gasteiger partial charge in [-0.05, 0) is 25.1 Å². The molecule has 2 nitrogen and oxygen atoms in total. The summed E-state index contributed by atoms with van der Waals surface area (Å²) in [5, 5.41) is 3.60. The van der Waals surface area contributed by atoms with E-state index in [1.165, 1.54) is 30.8 Å². The normalized spacial score (nSPS) is 23.2. The maximum atomic E-state index is 5.46. The number of nitrogens with one attached hydrogen (secondary N) is 1. The van der Waals surface area contributed by atoms with Crippen molar-refractivity contribution in [2.24, 2.45) is 5.92 Å². The maximum Gasteiger partial charge on any atom is 0.0510 e. The summed E-state index contributed by atoms with van der Waals surface area (Å²) in [4.78, 5) is 0. The van der Waals surface area contributed by atoms with Crippen molar-refractivity contribution in [3.8, 4) is 0 Å². The molecule has 0 spiro atoms. The molecule has 1 N–H and O–H groups in total. The van der Waals surface area contributed by atoms with Crippen molar-refractivity contribution >= 4 is 11.8 Å². The van der Waals surface area contributed by atoms with Gasteiger partial charge in [0, 0.05) is 24.3 Å². The van der Waals surface area contributed by atoms with Crippen LogP contribution in [0.25, 0.3) is 0 Å². The van der Waals surface area contributed by atoms with Crippen molar-refractivity contribution in [1.82, 2.24) is 5.32 Å². The quantitative estimate of drug-likeness (QED) is 0.649. The zero-order valence-electron chi connectivity index (χ0n) is 10.1. The molecular formula is C12H25NOS. The number of unbranched alkanes of at least 4 members (excludes halogenated alkanes) is 1. The van der Waals surface area contributed by atoms with E-state index >= 15 is 0 Å². The molecule has 0 radical (unpaired) electrons. The van der Waals surface area contributed by atoms with Crippen LogP contribution < -0.4 is 5.32 Å². The summed E-state index contributed by atoms with van der Waals surface area (Å²) in [6.45, 7) is 7.46. The average molecular weight is 231 g/mol. The van der Waals surface area contributed by atoms with E-state index in [1.54, 1.807) is 0 Å². The molecule has 1 aliphatic heterocycles. The molecule has 2 unspecified atom stereocenters. The van der Waals surface area contributed by atoms with Crippen molar-refractivity contribution in [2.45, 2.75) is 39.2 Å². The van der Waals surface area contributed by atoms with E-state index < -0.39 is 0 Å². The van der Waals surface area contributed by atoms with Crippen molar-refractivity contribution in [3.05, 3.63) is 0 Å². The van der Waals surface area contributed by atoms with Crippen LogP contribution in [-0.2, 0) is 4.74 Å². The van der Waals surface area contributed by atoms with E-state index in [2.05, 4.69) is 30.9 Å². The van der Waals surface area contributed by atoms with Gasteiger partial charge in [0.05, 0.1) is 6.61 Å². The summed E-state index contributed by atoms with van der Waals surface area (Å²) in [7, 11) is 0. The summed E-state index contributed by atoms with van der Waals surface area (Å²) < 4.78 is 5.46. The molecule has 0 bridgehead atoms. The third-order valence-corrected chi connectivity index (χ3v) is 4.11. The average Bonchev–Trinajstić information content (AvgIpc) is 2.76. The van der Waals surface area contributed by atoms with Crippen molar-refractivity contribution in [1.29, 1.82) is 0 Å². The van der Waals surface area contributed by atoms with Gasteiger partial charge in [-0.25, -0.2) is 0 Å². The van der Waals surface area contributed by atoms with Crippen molar-refractivity contribution in [2.75, 3.05) is 31.3 Å². The molecule has 0 saturated carbocycles. The summed E-state index contributed by atoms with van der Waals surface area (Å²) in [6, 6.07) is 0.666. The number of hydrogen-bond acceptors (Lipinski definition) is 3. The van der Waals surface area contributed by atoms with Crippen LogP contribution in [0, 0.1) is 5.92 Å². The van der Waals surface area contributed by atoms with Gasteiger partial charge >= 0.3 is 0 Å². The second kappa shape index (κ2) is 8.43. The molecule has 0 aromatic carbocycles. The topological polar surface area (TPSA) is 21.3 Å². The van der Waals surface area contributed by atoms with Gasteiger partial charge < -0.3 is 10.1 Å². The highest BCUT2D eigenvalue weighted by Crippen LogP contribution is 2.20. The van der Waals surface area contributed by atoms with Gasteiger partial charge in [0.1, 0.15) is 0 Å². The Labute approximate surface area is 98.5 Å². The second-order valence-corrected chi connectivity index (χ2v) is 5.37. The SMILES string of the molecule is CCCCSCC(NCC)C1CCOC1. The maximum absolute atomic E-state index is 5.46. The standard InChI is InChI=1S/C12H25NOS/c1-3-5-8-15-10-12(13-4-2)11-6-7-14-9-11/h11-13H,3-10H2,1-2H3. The first kappa shape index (κ1) is 13.3. The van der Waals surface area contributed by atoms with Gasteiger partial charge in [-0.2, -0.15) is 11.8 Å². The number of rotatable bonds is 8. The zero-order chi connectivity index (χ0) is 10.9. The van der Waals surface area contributed by atoms with Crippen LogP contribution in [0.1, 0.15) is 33.1 Å². The molecule has 90 valence electrons. The van der Waals surface area contributed by atoms with E-state index in [9.17, 15) is 0 Å². The first-order valence-electron chi connectivity index (χ1n) is 6.27. The summed E-state index contributed by atoms with van der Waals surface area (Å²) in [6.07, 6.45) is 3.90. The highest BCUT2D eigenvalue weighted by molar-refractivity contribution is 7.99. The van der Waals surface area contributed by atoms with Crippen LogP contribution >= 0.6 is 11.8 Å². The minimum absolute atomic E-state index is 0.666. The highest BCUT2D eigenvalue weighted by Gasteiger charge is 2.24. The zero-order valence-corrected chi connectivity index (χ0v) is 10.9. The first-order valence-corrected chi connectivity index (χ1v) is 7.42. The molecule has 0 aromatic rings. The monoisotopic (exact) mass is 231 g/mol. The molecule has 3 heteroatoms. The third-order valence-electron chi connectivity index (χ3n) is 2.94. The molecule has 1 saturated heterocycles. The molecule has 0 amide bonds. The second-order valence-electron chi connectivity index (χ2n) is 4.22. The number of hydrogen-bond donors (Lipinski definition) is 1. The molecule has 0 aromatic heterocycles. The fourth-order valence-electron chi connectivity index (χ4n) is 1.95. The Bertz CT molecular complexity index is 149. The van der Waals surface area contributed by atoms with Crippen LogP contribution in [0.2, 0.25) is 0 Å². The van der Waals surface area contributed by atoms with Crippen LogP contribution in [0.15, 0.2) is 0 Å². The predicted molar refractivity (Wildman–Crippen MR) is 68.6 cm³/mol. The van der Waals surface area contributed by atoms with Gasteiger partial charge in [0.25, 0.3) is 0 Å². The lowest BCUT2D eigenvalue weighted by Crippen LogP contribution is -2.38. The molecule has 1 fully saturated rings. The Morgan fingerprint density at radius 3 is 2.93 bits per heavy atom. The van der Waals surface area contributed by atoms with E-state index in [4.69, 9.17) is 4.74 Å². The van der Waals surface area contributed by atoms with E-state index in [1.807, 2.05) is 0 Å². The molecule has 0 aliphatic carbocycles. The third kappa shape index (κ3) is 5.23. The molecule has 1 aliphatic rings. The number of thioether (sulfide) groups is 1. The van der Waals surface area contributed by atoms with Crippen molar-refractivity contribution in [3.63, 3.8) is 0 Å². The fourth-order valence-corrected chi connectivity index (χ4v) is 3.25. The first-order chi connectivity index (χ1) is 7.38. The van der Waals surface area contributed by atoms with Gasteiger partial charge in [0.2, 0.25) is 0 Å². The molecule has 15 heavy (non-hydrogen) atoms.